The number of nitrogen functional groups attached to an aromatic ring is 1. The third kappa shape index (κ3) is 3.07. The Bertz CT molecular complexity index is 1140. The molecule has 1 aliphatic rings. The Morgan fingerprint density at radius 2 is 2.07 bits per heavy atom. The maximum absolute atomic E-state index is 6.23. The maximum Gasteiger partial charge on any atom is 0.157 e. The van der Waals surface area contributed by atoms with Crippen molar-refractivity contribution in [1.82, 2.24) is 29.5 Å². The van der Waals surface area contributed by atoms with Crippen LogP contribution in [-0.2, 0) is 6.54 Å². The molecule has 28 heavy (non-hydrogen) atoms. The Kier molecular flexibility index (Phi) is 4.16. The molecule has 7 heteroatoms. The van der Waals surface area contributed by atoms with E-state index in [2.05, 4.69) is 32.1 Å². The van der Waals surface area contributed by atoms with E-state index >= 15 is 0 Å². The highest BCUT2D eigenvalue weighted by molar-refractivity contribution is 5.77. The molecule has 5 rings (SSSR count). The molecular weight excluding hydrogens is 350 g/mol. The average Bonchev–Trinajstić information content (AvgIpc) is 3.09. The van der Waals surface area contributed by atoms with Gasteiger partial charge in [-0.1, -0.05) is 12.1 Å². The van der Waals surface area contributed by atoms with Crippen LogP contribution < -0.4 is 5.73 Å². The third-order valence-corrected chi connectivity index (χ3v) is 5.50. The highest BCUT2D eigenvalue weighted by Crippen LogP contribution is 2.29. The van der Waals surface area contributed by atoms with Gasteiger partial charge in [0.1, 0.15) is 5.82 Å². The second kappa shape index (κ2) is 6.83. The Labute approximate surface area is 163 Å². The molecule has 2 N–H and O–H groups in total. The van der Waals surface area contributed by atoms with Gasteiger partial charge in [0, 0.05) is 43.5 Å². The summed E-state index contributed by atoms with van der Waals surface area (Å²) in [4.78, 5) is 16.3. The van der Waals surface area contributed by atoms with Gasteiger partial charge in [-0.25, -0.2) is 4.98 Å². The lowest BCUT2D eigenvalue weighted by Gasteiger charge is -2.32. The number of nitrogens with zero attached hydrogens (tertiary/aromatic N) is 6. The fourth-order valence-corrected chi connectivity index (χ4v) is 4.20. The Balaban J connectivity index is 1.40. The van der Waals surface area contributed by atoms with Crippen molar-refractivity contribution in [1.29, 1.82) is 0 Å². The minimum Gasteiger partial charge on any atom is -0.384 e. The summed E-state index contributed by atoms with van der Waals surface area (Å²) in [7, 11) is 0. The lowest BCUT2D eigenvalue weighted by Crippen LogP contribution is -2.34. The number of benzene rings is 1. The fraction of sp³-hybridized carbons (Fsp3) is 0.333. The molecule has 0 spiro atoms. The minimum absolute atomic E-state index is 0.373. The molecule has 0 aliphatic carbocycles. The van der Waals surface area contributed by atoms with Crippen molar-refractivity contribution < 1.29 is 0 Å². The molecule has 1 aromatic carbocycles. The minimum atomic E-state index is 0.373. The number of aromatic nitrogens is 5. The normalized spacial score (nSPS) is 18.1. The molecule has 1 aliphatic heterocycles. The topological polar surface area (TPSA) is 85.2 Å². The third-order valence-electron chi connectivity index (χ3n) is 5.50. The summed E-state index contributed by atoms with van der Waals surface area (Å²) in [6.45, 7) is 4.88. The zero-order valence-corrected chi connectivity index (χ0v) is 15.9. The second-order valence-electron chi connectivity index (χ2n) is 7.58. The molecule has 0 saturated carbocycles. The predicted octanol–water partition coefficient (Wildman–Crippen LogP) is 2.94. The summed E-state index contributed by atoms with van der Waals surface area (Å²) >= 11 is 0. The Hall–Kier alpha value is -3.06. The Morgan fingerprint density at radius 3 is 3.00 bits per heavy atom. The molecule has 1 fully saturated rings. The van der Waals surface area contributed by atoms with Gasteiger partial charge < -0.3 is 5.73 Å². The fourth-order valence-electron chi connectivity index (χ4n) is 4.20. The number of anilines is 1. The van der Waals surface area contributed by atoms with Crippen LogP contribution in [0, 0.1) is 6.92 Å². The summed E-state index contributed by atoms with van der Waals surface area (Å²) in [6.07, 6.45) is 5.78. The molecule has 3 aromatic heterocycles. The van der Waals surface area contributed by atoms with E-state index in [1.807, 2.05) is 25.1 Å². The highest BCUT2D eigenvalue weighted by Gasteiger charge is 2.24. The van der Waals surface area contributed by atoms with E-state index in [0.29, 0.717) is 11.7 Å². The van der Waals surface area contributed by atoms with E-state index in [4.69, 9.17) is 10.7 Å². The van der Waals surface area contributed by atoms with Crippen molar-refractivity contribution in [2.75, 3.05) is 18.8 Å². The molecule has 4 heterocycles. The molecule has 1 atom stereocenters. The molecule has 4 aromatic rings. The summed E-state index contributed by atoms with van der Waals surface area (Å²) in [5, 5.41) is 4.40. The molecule has 142 valence electrons. The first kappa shape index (κ1) is 17.1. The molecule has 7 nitrogen and oxygen atoms in total. The molecule has 0 amide bonds. The van der Waals surface area contributed by atoms with E-state index in [1.165, 1.54) is 5.56 Å². The van der Waals surface area contributed by atoms with E-state index in [9.17, 15) is 0 Å². The van der Waals surface area contributed by atoms with Gasteiger partial charge in [0.25, 0.3) is 0 Å². The van der Waals surface area contributed by atoms with Gasteiger partial charge in [0.2, 0.25) is 0 Å². The van der Waals surface area contributed by atoms with Gasteiger partial charge in [0.05, 0.1) is 22.4 Å². The zero-order valence-electron chi connectivity index (χ0n) is 15.9. The zero-order chi connectivity index (χ0) is 19.1. The van der Waals surface area contributed by atoms with Crippen molar-refractivity contribution in [3.05, 3.63) is 59.7 Å². The molecule has 1 saturated heterocycles. The lowest BCUT2D eigenvalue weighted by molar-refractivity contribution is 0.199. The van der Waals surface area contributed by atoms with Crippen molar-refractivity contribution >= 4 is 22.5 Å². The molecule has 0 bridgehead atoms. The van der Waals surface area contributed by atoms with Crippen LogP contribution in [0.3, 0.4) is 0 Å². The first-order chi connectivity index (χ1) is 13.7. The van der Waals surface area contributed by atoms with Gasteiger partial charge in [-0.05, 0) is 37.9 Å². The average molecular weight is 373 g/mol. The standard InChI is InChI=1S/C21H23N7/c1-14-10-20-25-18(11-19(22)28(20)26-14)15-5-3-9-27(12-15)13-16-4-2-6-17-21(16)24-8-7-23-17/h2,4,6-8,10-11,15H,3,5,9,12-13,22H2,1H3/t15-/m0/s1. The van der Waals surface area contributed by atoms with E-state index in [0.717, 1.165) is 60.5 Å². The number of rotatable bonds is 3. The van der Waals surface area contributed by atoms with Gasteiger partial charge in [0.15, 0.2) is 5.65 Å². The number of hydrogen-bond acceptors (Lipinski definition) is 6. The van der Waals surface area contributed by atoms with Gasteiger partial charge in [-0.2, -0.15) is 9.61 Å². The van der Waals surface area contributed by atoms with Gasteiger partial charge >= 0.3 is 0 Å². The van der Waals surface area contributed by atoms with Crippen LogP contribution in [-0.4, -0.2) is 42.6 Å². The first-order valence-corrected chi connectivity index (χ1v) is 9.71. The van der Waals surface area contributed by atoms with Crippen molar-refractivity contribution in [3.63, 3.8) is 0 Å². The van der Waals surface area contributed by atoms with Crippen LogP contribution in [0.25, 0.3) is 16.7 Å². The molecular formula is C21H23N7. The van der Waals surface area contributed by atoms with Gasteiger partial charge in [-0.3, -0.25) is 14.9 Å². The Morgan fingerprint density at radius 1 is 1.18 bits per heavy atom. The van der Waals surface area contributed by atoms with Crippen LogP contribution in [0.4, 0.5) is 5.82 Å². The lowest BCUT2D eigenvalue weighted by atomic mass is 9.94. The number of fused-ring (bicyclic) bond motifs is 2. The van der Waals surface area contributed by atoms with Crippen LogP contribution in [0.5, 0.6) is 0 Å². The van der Waals surface area contributed by atoms with Crippen LogP contribution in [0.1, 0.15) is 35.7 Å². The first-order valence-electron chi connectivity index (χ1n) is 9.71. The number of hydrogen-bond donors (Lipinski definition) is 1. The monoisotopic (exact) mass is 373 g/mol. The van der Waals surface area contributed by atoms with E-state index in [-0.39, 0.29) is 0 Å². The smallest absolute Gasteiger partial charge is 0.157 e. The van der Waals surface area contributed by atoms with Crippen LogP contribution >= 0.6 is 0 Å². The number of likely N-dealkylation sites (tertiary alicyclic amines) is 1. The van der Waals surface area contributed by atoms with E-state index < -0.39 is 0 Å². The predicted molar refractivity (Wildman–Crippen MR) is 109 cm³/mol. The highest BCUT2D eigenvalue weighted by atomic mass is 15.3. The van der Waals surface area contributed by atoms with Crippen molar-refractivity contribution in [2.45, 2.75) is 32.2 Å². The quantitative estimate of drug-likeness (QED) is 0.594. The number of aryl methyl sites for hydroxylation is 1. The summed E-state index contributed by atoms with van der Waals surface area (Å²) in [5.74, 6) is 1.02. The number of nitrogens with two attached hydrogens (primary N) is 1. The van der Waals surface area contributed by atoms with Crippen LogP contribution in [0.15, 0.2) is 42.7 Å². The van der Waals surface area contributed by atoms with Crippen molar-refractivity contribution in [2.24, 2.45) is 0 Å². The molecule has 0 unspecified atom stereocenters. The number of piperidine rings is 1. The van der Waals surface area contributed by atoms with Crippen LogP contribution in [0.2, 0.25) is 0 Å². The maximum atomic E-state index is 6.23. The summed E-state index contributed by atoms with van der Waals surface area (Å²) < 4.78 is 1.72. The SMILES string of the molecule is Cc1cc2nc([C@H]3CCCN(Cc4cccc5nccnc45)C3)cc(N)n2n1. The molecule has 0 radical (unpaired) electrons. The van der Waals surface area contributed by atoms with Gasteiger partial charge in [-0.15, -0.1) is 0 Å². The summed E-state index contributed by atoms with van der Waals surface area (Å²) in [5.41, 5.74) is 12.2. The summed E-state index contributed by atoms with van der Waals surface area (Å²) in [6, 6.07) is 10.2. The van der Waals surface area contributed by atoms with E-state index in [1.54, 1.807) is 16.9 Å². The number of para-hydroxylation sites is 1. The largest absolute Gasteiger partial charge is 0.384 e. The second-order valence-corrected chi connectivity index (χ2v) is 7.58. The van der Waals surface area contributed by atoms with Crippen molar-refractivity contribution in [3.8, 4) is 0 Å².